The molecule has 0 fully saturated rings. The topological polar surface area (TPSA) is 50.2 Å². The van der Waals surface area contributed by atoms with Crippen LogP contribution in [0.25, 0.3) is 0 Å². The van der Waals surface area contributed by atoms with Crippen LogP contribution in [0.1, 0.15) is 51.5 Å². The Hall–Kier alpha value is -2.92. The predicted molar refractivity (Wildman–Crippen MR) is 122 cm³/mol. The molecule has 158 valence electrons. The second-order valence-electron chi connectivity index (χ2n) is 7.98. The Bertz CT molecular complexity index is 974. The van der Waals surface area contributed by atoms with Gasteiger partial charge in [-0.2, -0.15) is 0 Å². The van der Waals surface area contributed by atoms with Crippen molar-refractivity contribution in [3.63, 3.8) is 0 Å². The Morgan fingerprint density at radius 2 is 1.87 bits per heavy atom. The number of pyridine rings is 1. The molecule has 0 aliphatic rings. The van der Waals surface area contributed by atoms with Gasteiger partial charge in [0.15, 0.2) is 0 Å². The summed E-state index contributed by atoms with van der Waals surface area (Å²) in [5, 5.41) is 3.14. The standard InChI is InChI=1S/C25H32N4O/c1-6-20-10-12-21(13-11-20)24(28(4)5)16-27-25(30)23-15-18(2)29(19(23)3)17-22-9-7-8-14-26-22/h7-15,24H,6,16-17H2,1-5H3,(H,27,30). The zero-order valence-corrected chi connectivity index (χ0v) is 18.6. The molecule has 2 heterocycles. The third-order valence-electron chi connectivity index (χ3n) is 5.72. The van der Waals surface area contributed by atoms with Gasteiger partial charge in [-0.25, -0.2) is 0 Å². The summed E-state index contributed by atoms with van der Waals surface area (Å²) in [6.07, 6.45) is 2.82. The van der Waals surface area contributed by atoms with Crippen molar-refractivity contribution in [3.05, 3.63) is 88.5 Å². The van der Waals surface area contributed by atoms with Crippen molar-refractivity contribution >= 4 is 5.91 Å². The minimum absolute atomic E-state index is 0.0348. The van der Waals surface area contributed by atoms with Gasteiger partial charge in [-0.3, -0.25) is 9.78 Å². The van der Waals surface area contributed by atoms with E-state index in [4.69, 9.17) is 0 Å². The van der Waals surface area contributed by atoms with E-state index >= 15 is 0 Å². The fourth-order valence-corrected chi connectivity index (χ4v) is 3.79. The molecule has 1 amide bonds. The van der Waals surface area contributed by atoms with E-state index in [1.807, 2.05) is 52.2 Å². The normalized spacial score (nSPS) is 12.2. The summed E-state index contributed by atoms with van der Waals surface area (Å²) < 4.78 is 2.14. The van der Waals surface area contributed by atoms with Gasteiger partial charge in [0.1, 0.15) is 0 Å². The highest BCUT2D eigenvalue weighted by Gasteiger charge is 2.19. The van der Waals surface area contributed by atoms with E-state index in [9.17, 15) is 4.79 Å². The molecule has 2 aromatic heterocycles. The maximum Gasteiger partial charge on any atom is 0.253 e. The van der Waals surface area contributed by atoms with Gasteiger partial charge in [0.2, 0.25) is 0 Å². The lowest BCUT2D eigenvalue weighted by Crippen LogP contribution is -2.34. The van der Waals surface area contributed by atoms with Gasteiger partial charge in [0, 0.05) is 24.1 Å². The Labute approximate surface area is 179 Å². The second-order valence-corrected chi connectivity index (χ2v) is 7.98. The highest BCUT2D eigenvalue weighted by Crippen LogP contribution is 2.20. The molecule has 3 rings (SSSR count). The average molecular weight is 405 g/mol. The lowest BCUT2D eigenvalue weighted by atomic mass is 10.0. The van der Waals surface area contributed by atoms with Gasteiger partial charge in [-0.15, -0.1) is 0 Å². The SMILES string of the molecule is CCc1ccc(C(CNC(=O)c2cc(C)n(Cc3ccccn3)c2C)N(C)C)cc1. The van der Waals surface area contributed by atoms with Gasteiger partial charge >= 0.3 is 0 Å². The van der Waals surface area contributed by atoms with E-state index < -0.39 is 0 Å². The first-order chi connectivity index (χ1) is 14.4. The van der Waals surface area contributed by atoms with E-state index in [0.29, 0.717) is 13.1 Å². The minimum atomic E-state index is -0.0348. The quantitative estimate of drug-likeness (QED) is 0.614. The van der Waals surface area contributed by atoms with E-state index in [1.54, 1.807) is 6.20 Å². The Kier molecular flexibility index (Phi) is 7.06. The molecule has 5 heteroatoms. The highest BCUT2D eigenvalue weighted by atomic mass is 16.1. The Morgan fingerprint density at radius 3 is 2.47 bits per heavy atom. The van der Waals surface area contributed by atoms with Crippen molar-refractivity contribution in [2.75, 3.05) is 20.6 Å². The van der Waals surface area contributed by atoms with Crippen LogP contribution < -0.4 is 5.32 Å². The van der Waals surface area contributed by atoms with Crippen molar-refractivity contribution in [2.24, 2.45) is 0 Å². The fourth-order valence-electron chi connectivity index (χ4n) is 3.79. The molecule has 3 aromatic rings. The van der Waals surface area contributed by atoms with Gasteiger partial charge in [-0.05, 0) is 63.7 Å². The molecule has 1 unspecified atom stereocenters. The number of nitrogens with zero attached hydrogens (tertiary/aromatic N) is 3. The number of carbonyl (C=O) groups is 1. The monoisotopic (exact) mass is 404 g/mol. The molecule has 0 aliphatic carbocycles. The van der Waals surface area contributed by atoms with Crippen molar-refractivity contribution in [3.8, 4) is 0 Å². The molecule has 1 aromatic carbocycles. The smallest absolute Gasteiger partial charge is 0.253 e. The first kappa shape index (κ1) is 21.8. The molecule has 5 nitrogen and oxygen atoms in total. The molecule has 0 bridgehead atoms. The van der Waals surface area contributed by atoms with E-state index in [1.165, 1.54) is 11.1 Å². The van der Waals surface area contributed by atoms with Crippen molar-refractivity contribution in [2.45, 2.75) is 39.8 Å². The number of hydrogen-bond donors (Lipinski definition) is 1. The molecule has 0 spiro atoms. The van der Waals surface area contributed by atoms with Crippen LogP contribution in [0.15, 0.2) is 54.7 Å². The average Bonchev–Trinajstić information content (AvgIpc) is 3.03. The molecule has 1 N–H and O–H groups in total. The van der Waals surface area contributed by atoms with Crippen LogP contribution in [-0.2, 0) is 13.0 Å². The lowest BCUT2D eigenvalue weighted by molar-refractivity contribution is 0.0941. The largest absolute Gasteiger partial charge is 0.350 e. The number of amides is 1. The Balaban J connectivity index is 1.72. The number of benzene rings is 1. The summed E-state index contributed by atoms with van der Waals surface area (Å²) in [5.74, 6) is -0.0348. The van der Waals surface area contributed by atoms with Crippen molar-refractivity contribution in [1.82, 2.24) is 19.8 Å². The highest BCUT2D eigenvalue weighted by molar-refractivity contribution is 5.95. The second kappa shape index (κ2) is 9.72. The van der Waals surface area contributed by atoms with Crippen LogP contribution >= 0.6 is 0 Å². The maximum atomic E-state index is 13.0. The van der Waals surface area contributed by atoms with Gasteiger partial charge in [0.25, 0.3) is 5.91 Å². The van der Waals surface area contributed by atoms with Crippen LogP contribution in [0.5, 0.6) is 0 Å². The number of nitrogens with one attached hydrogen (secondary N) is 1. The van der Waals surface area contributed by atoms with Gasteiger partial charge < -0.3 is 14.8 Å². The molecule has 1 atom stereocenters. The van der Waals surface area contributed by atoms with E-state index in [0.717, 1.165) is 29.1 Å². The molecule has 0 saturated heterocycles. The van der Waals surface area contributed by atoms with E-state index in [-0.39, 0.29) is 11.9 Å². The zero-order valence-electron chi connectivity index (χ0n) is 18.6. The molecular formula is C25H32N4O. The molecule has 0 aliphatic heterocycles. The zero-order chi connectivity index (χ0) is 21.7. The molecule has 0 saturated carbocycles. The summed E-state index contributed by atoms with van der Waals surface area (Å²) in [7, 11) is 4.09. The minimum Gasteiger partial charge on any atom is -0.350 e. The summed E-state index contributed by atoms with van der Waals surface area (Å²) in [6, 6.07) is 16.6. The van der Waals surface area contributed by atoms with Crippen LogP contribution in [0.2, 0.25) is 0 Å². The summed E-state index contributed by atoms with van der Waals surface area (Å²) >= 11 is 0. The first-order valence-corrected chi connectivity index (χ1v) is 10.5. The van der Waals surface area contributed by atoms with Crippen LogP contribution in [0, 0.1) is 13.8 Å². The maximum absolute atomic E-state index is 13.0. The third kappa shape index (κ3) is 4.97. The molecular weight excluding hydrogens is 372 g/mol. The van der Waals surface area contributed by atoms with Gasteiger partial charge in [-0.1, -0.05) is 37.3 Å². The third-order valence-corrected chi connectivity index (χ3v) is 5.72. The summed E-state index contributed by atoms with van der Waals surface area (Å²) in [6.45, 7) is 7.41. The molecule has 30 heavy (non-hydrogen) atoms. The van der Waals surface area contributed by atoms with Crippen molar-refractivity contribution < 1.29 is 4.79 Å². The van der Waals surface area contributed by atoms with Crippen LogP contribution in [-0.4, -0.2) is 41.0 Å². The first-order valence-electron chi connectivity index (χ1n) is 10.5. The van der Waals surface area contributed by atoms with Gasteiger partial charge in [0.05, 0.1) is 23.8 Å². The fraction of sp³-hybridized carbons (Fsp3) is 0.360. The van der Waals surface area contributed by atoms with Crippen molar-refractivity contribution in [1.29, 1.82) is 0 Å². The number of likely N-dealkylation sites (N-methyl/N-ethyl adjacent to an activating group) is 1. The Morgan fingerprint density at radius 1 is 1.13 bits per heavy atom. The number of rotatable bonds is 8. The predicted octanol–water partition coefficient (Wildman–Crippen LogP) is 4.14. The molecule has 0 radical (unpaired) electrons. The van der Waals surface area contributed by atoms with E-state index in [2.05, 4.69) is 51.0 Å². The lowest BCUT2D eigenvalue weighted by Gasteiger charge is -2.25. The number of aromatic nitrogens is 2. The summed E-state index contributed by atoms with van der Waals surface area (Å²) in [4.78, 5) is 19.5. The van der Waals surface area contributed by atoms with Crippen LogP contribution in [0.3, 0.4) is 0 Å². The number of aryl methyl sites for hydroxylation is 2. The number of hydrogen-bond acceptors (Lipinski definition) is 3. The number of carbonyl (C=O) groups excluding carboxylic acids is 1. The van der Waals surface area contributed by atoms with Crippen LogP contribution in [0.4, 0.5) is 0 Å². The summed E-state index contributed by atoms with van der Waals surface area (Å²) in [5.41, 5.74) is 6.25.